The number of rotatable bonds is 7. The SMILES string of the molecule is CCOC(OCC)C(=O)OC(C)c1ccccc1. The summed E-state index contributed by atoms with van der Waals surface area (Å²) in [6, 6.07) is 9.55. The highest BCUT2D eigenvalue weighted by molar-refractivity contribution is 5.73. The maximum Gasteiger partial charge on any atom is 0.364 e. The van der Waals surface area contributed by atoms with Gasteiger partial charge in [0, 0.05) is 13.2 Å². The third kappa shape index (κ3) is 4.47. The highest BCUT2D eigenvalue weighted by Gasteiger charge is 2.23. The van der Waals surface area contributed by atoms with E-state index in [-0.39, 0.29) is 6.10 Å². The number of hydrogen-bond acceptors (Lipinski definition) is 4. The first kappa shape index (κ1) is 14.7. The third-order valence-electron chi connectivity index (χ3n) is 2.39. The number of carbonyl (C=O) groups excluding carboxylic acids is 1. The van der Waals surface area contributed by atoms with E-state index in [1.54, 1.807) is 13.8 Å². The Balaban J connectivity index is 2.57. The van der Waals surface area contributed by atoms with Gasteiger partial charge in [-0.25, -0.2) is 4.79 Å². The smallest absolute Gasteiger partial charge is 0.364 e. The second kappa shape index (κ2) is 7.84. The molecule has 0 amide bonds. The van der Waals surface area contributed by atoms with Crippen molar-refractivity contribution in [1.29, 1.82) is 0 Å². The minimum absolute atomic E-state index is 0.317. The monoisotopic (exact) mass is 252 g/mol. The lowest BCUT2D eigenvalue weighted by molar-refractivity contribution is -0.197. The van der Waals surface area contributed by atoms with Gasteiger partial charge in [0.25, 0.3) is 6.29 Å². The quantitative estimate of drug-likeness (QED) is 0.553. The molecule has 4 nitrogen and oxygen atoms in total. The molecule has 0 fully saturated rings. The van der Waals surface area contributed by atoms with Crippen LogP contribution in [0.2, 0.25) is 0 Å². The van der Waals surface area contributed by atoms with Crippen molar-refractivity contribution in [2.75, 3.05) is 13.2 Å². The predicted octanol–water partition coefficient (Wildman–Crippen LogP) is 2.69. The molecule has 1 aromatic rings. The second-order valence-corrected chi connectivity index (χ2v) is 3.73. The molecule has 1 atom stereocenters. The van der Waals surface area contributed by atoms with E-state index >= 15 is 0 Å². The van der Waals surface area contributed by atoms with Gasteiger partial charge in [-0.15, -0.1) is 0 Å². The van der Waals surface area contributed by atoms with Gasteiger partial charge < -0.3 is 14.2 Å². The Morgan fingerprint density at radius 3 is 2.17 bits per heavy atom. The van der Waals surface area contributed by atoms with Crippen LogP contribution in [-0.2, 0) is 19.0 Å². The zero-order chi connectivity index (χ0) is 13.4. The van der Waals surface area contributed by atoms with E-state index in [1.807, 2.05) is 37.3 Å². The molecule has 0 aromatic heterocycles. The van der Waals surface area contributed by atoms with Crippen LogP contribution >= 0.6 is 0 Å². The predicted molar refractivity (Wildman–Crippen MR) is 68.0 cm³/mol. The summed E-state index contributed by atoms with van der Waals surface area (Å²) in [6.45, 7) is 6.24. The highest BCUT2D eigenvalue weighted by Crippen LogP contribution is 2.17. The lowest BCUT2D eigenvalue weighted by Crippen LogP contribution is -2.30. The van der Waals surface area contributed by atoms with E-state index in [1.165, 1.54) is 0 Å². The lowest BCUT2D eigenvalue weighted by atomic mass is 10.1. The van der Waals surface area contributed by atoms with Gasteiger partial charge in [0.15, 0.2) is 0 Å². The van der Waals surface area contributed by atoms with Crippen LogP contribution in [0.15, 0.2) is 30.3 Å². The lowest BCUT2D eigenvalue weighted by Gasteiger charge is -2.19. The van der Waals surface area contributed by atoms with Crippen molar-refractivity contribution in [2.45, 2.75) is 33.2 Å². The zero-order valence-corrected chi connectivity index (χ0v) is 11.1. The average molecular weight is 252 g/mol. The van der Waals surface area contributed by atoms with Crippen LogP contribution in [0.25, 0.3) is 0 Å². The largest absolute Gasteiger partial charge is 0.454 e. The molecule has 4 heteroatoms. The minimum Gasteiger partial charge on any atom is -0.454 e. The third-order valence-corrected chi connectivity index (χ3v) is 2.39. The first-order valence-electron chi connectivity index (χ1n) is 6.17. The van der Waals surface area contributed by atoms with Gasteiger partial charge in [-0.3, -0.25) is 0 Å². The van der Waals surface area contributed by atoms with Gasteiger partial charge >= 0.3 is 5.97 Å². The number of carbonyl (C=O) groups is 1. The van der Waals surface area contributed by atoms with Gasteiger partial charge in [-0.1, -0.05) is 30.3 Å². The topological polar surface area (TPSA) is 44.8 Å². The Labute approximate surface area is 108 Å². The summed E-state index contributed by atoms with van der Waals surface area (Å²) in [5.74, 6) is -0.491. The molecular formula is C14H20O4. The molecule has 0 saturated heterocycles. The molecule has 18 heavy (non-hydrogen) atoms. The van der Waals surface area contributed by atoms with Crippen molar-refractivity contribution in [3.05, 3.63) is 35.9 Å². The molecule has 100 valence electrons. The van der Waals surface area contributed by atoms with Crippen LogP contribution in [0.3, 0.4) is 0 Å². The standard InChI is InChI=1S/C14H20O4/c1-4-16-14(17-5-2)13(15)18-11(3)12-9-7-6-8-10-12/h6-11,14H,4-5H2,1-3H3. The number of hydrogen-bond donors (Lipinski definition) is 0. The van der Waals surface area contributed by atoms with Gasteiger partial charge in [0.1, 0.15) is 6.10 Å². The van der Waals surface area contributed by atoms with Crippen molar-refractivity contribution in [3.63, 3.8) is 0 Å². The molecule has 1 rings (SSSR count). The second-order valence-electron chi connectivity index (χ2n) is 3.73. The molecule has 0 spiro atoms. The van der Waals surface area contributed by atoms with Gasteiger partial charge in [0.2, 0.25) is 0 Å². The van der Waals surface area contributed by atoms with Crippen LogP contribution in [0.4, 0.5) is 0 Å². The molecule has 0 radical (unpaired) electrons. The van der Waals surface area contributed by atoms with E-state index in [2.05, 4.69) is 0 Å². The van der Waals surface area contributed by atoms with Crippen LogP contribution in [0, 0.1) is 0 Å². The fourth-order valence-corrected chi connectivity index (χ4v) is 1.51. The van der Waals surface area contributed by atoms with E-state index in [4.69, 9.17) is 14.2 Å². The van der Waals surface area contributed by atoms with Gasteiger partial charge in [-0.05, 0) is 26.3 Å². The Morgan fingerprint density at radius 1 is 1.11 bits per heavy atom. The fourth-order valence-electron chi connectivity index (χ4n) is 1.51. The van der Waals surface area contributed by atoms with Gasteiger partial charge in [0.05, 0.1) is 0 Å². The number of ether oxygens (including phenoxy) is 3. The maximum atomic E-state index is 11.8. The van der Waals surface area contributed by atoms with E-state index < -0.39 is 12.3 Å². The molecule has 0 bridgehead atoms. The first-order valence-corrected chi connectivity index (χ1v) is 6.17. The van der Waals surface area contributed by atoms with Crippen molar-refractivity contribution >= 4 is 5.97 Å². The Hall–Kier alpha value is -1.39. The molecule has 0 N–H and O–H groups in total. The number of esters is 1. The maximum absolute atomic E-state index is 11.8. The summed E-state index contributed by atoms with van der Waals surface area (Å²) in [7, 11) is 0. The zero-order valence-electron chi connectivity index (χ0n) is 11.1. The van der Waals surface area contributed by atoms with E-state index in [0.717, 1.165) is 5.56 Å². The Bertz CT molecular complexity index is 344. The molecule has 0 aliphatic rings. The van der Waals surface area contributed by atoms with Gasteiger partial charge in [-0.2, -0.15) is 0 Å². The highest BCUT2D eigenvalue weighted by atomic mass is 16.7. The van der Waals surface area contributed by atoms with E-state index in [0.29, 0.717) is 13.2 Å². The first-order chi connectivity index (χ1) is 8.69. The van der Waals surface area contributed by atoms with Crippen molar-refractivity contribution < 1.29 is 19.0 Å². The summed E-state index contributed by atoms with van der Waals surface area (Å²) in [6.07, 6.45) is -1.26. The molecule has 0 aliphatic carbocycles. The minimum atomic E-state index is -0.939. The molecule has 0 heterocycles. The molecule has 1 unspecified atom stereocenters. The summed E-state index contributed by atoms with van der Waals surface area (Å²) >= 11 is 0. The van der Waals surface area contributed by atoms with Crippen molar-refractivity contribution in [3.8, 4) is 0 Å². The summed E-state index contributed by atoms with van der Waals surface area (Å²) in [4.78, 5) is 11.8. The van der Waals surface area contributed by atoms with Crippen LogP contribution in [-0.4, -0.2) is 25.5 Å². The summed E-state index contributed by atoms with van der Waals surface area (Å²) < 4.78 is 15.7. The number of benzene rings is 1. The average Bonchev–Trinajstić information content (AvgIpc) is 2.39. The Kier molecular flexibility index (Phi) is 6.39. The summed E-state index contributed by atoms with van der Waals surface area (Å²) in [5, 5.41) is 0. The van der Waals surface area contributed by atoms with Crippen molar-refractivity contribution in [1.82, 2.24) is 0 Å². The van der Waals surface area contributed by atoms with Crippen molar-refractivity contribution in [2.24, 2.45) is 0 Å². The fraction of sp³-hybridized carbons (Fsp3) is 0.500. The molecule has 0 saturated carbocycles. The van der Waals surface area contributed by atoms with Crippen LogP contribution in [0.5, 0.6) is 0 Å². The summed E-state index contributed by atoms with van der Waals surface area (Å²) in [5.41, 5.74) is 0.942. The molecular weight excluding hydrogens is 232 g/mol. The van der Waals surface area contributed by atoms with E-state index in [9.17, 15) is 4.79 Å². The normalized spacial score (nSPS) is 12.4. The van der Waals surface area contributed by atoms with Crippen LogP contribution < -0.4 is 0 Å². The van der Waals surface area contributed by atoms with Crippen LogP contribution in [0.1, 0.15) is 32.4 Å². The molecule has 1 aromatic carbocycles. The Morgan fingerprint density at radius 2 is 1.67 bits per heavy atom. The molecule has 0 aliphatic heterocycles.